The summed E-state index contributed by atoms with van der Waals surface area (Å²) in [5, 5.41) is 0. The molecule has 1 aliphatic rings. The largest absolute Gasteiger partial charge is 0.497 e. The van der Waals surface area contributed by atoms with Crippen LogP contribution in [-0.4, -0.2) is 49.0 Å². The summed E-state index contributed by atoms with van der Waals surface area (Å²) in [6.07, 6.45) is 3.62. The molecule has 1 saturated heterocycles. The lowest BCUT2D eigenvalue weighted by atomic mass is 10.0. The summed E-state index contributed by atoms with van der Waals surface area (Å²) in [5.41, 5.74) is 0.682. The number of benzene rings is 1. The molecule has 1 aliphatic heterocycles. The van der Waals surface area contributed by atoms with Crippen LogP contribution in [0.25, 0.3) is 0 Å². The van der Waals surface area contributed by atoms with Crippen molar-refractivity contribution in [2.24, 2.45) is 0 Å². The third-order valence-corrected chi connectivity index (χ3v) is 4.63. The summed E-state index contributed by atoms with van der Waals surface area (Å²) in [6.45, 7) is 2.52. The third-order valence-electron chi connectivity index (χ3n) is 4.63. The monoisotopic (exact) mass is 328 g/mol. The Morgan fingerprint density at radius 3 is 2.54 bits per heavy atom. The topological polar surface area (TPSA) is 45.9 Å². The molecule has 0 atom stereocenters. The van der Waals surface area contributed by atoms with Crippen LogP contribution in [0, 0.1) is 0 Å². The molecule has 1 amide bonds. The number of ether oxygens (including phenoxy) is 1. The molecule has 0 N–H and O–H groups in total. The van der Waals surface area contributed by atoms with Crippen molar-refractivity contribution >= 4 is 5.91 Å². The highest BCUT2D eigenvalue weighted by molar-refractivity contribution is 5.94. The van der Waals surface area contributed by atoms with Crippen molar-refractivity contribution in [3.63, 3.8) is 0 Å². The van der Waals surface area contributed by atoms with Gasteiger partial charge in [0.1, 0.15) is 11.5 Å². The molecular formula is C19H24N2O3. The molecule has 5 heteroatoms. The molecule has 1 aromatic carbocycles. The fourth-order valence-electron chi connectivity index (χ4n) is 3.14. The Morgan fingerprint density at radius 1 is 1.25 bits per heavy atom. The second kappa shape index (κ2) is 7.53. The number of furan rings is 1. The van der Waals surface area contributed by atoms with Crippen LogP contribution >= 0.6 is 0 Å². The Balaban J connectivity index is 1.80. The van der Waals surface area contributed by atoms with E-state index in [0.717, 1.165) is 37.4 Å². The van der Waals surface area contributed by atoms with E-state index in [1.807, 2.05) is 41.3 Å². The van der Waals surface area contributed by atoms with Crippen molar-refractivity contribution in [1.82, 2.24) is 9.80 Å². The molecular weight excluding hydrogens is 304 g/mol. The van der Waals surface area contributed by atoms with Crippen molar-refractivity contribution in [3.05, 3.63) is 54.0 Å². The van der Waals surface area contributed by atoms with E-state index < -0.39 is 0 Å². The molecule has 1 aromatic heterocycles. The third kappa shape index (κ3) is 3.79. The Kier molecular flexibility index (Phi) is 5.20. The molecule has 0 bridgehead atoms. The number of hydrogen-bond donors (Lipinski definition) is 0. The fourth-order valence-corrected chi connectivity index (χ4v) is 3.14. The molecule has 0 saturated carbocycles. The van der Waals surface area contributed by atoms with Crippen LogP contribution in [0.1, 0.15) is 29.0 Å². The van der Waals surface area contributed by atoms with Gasteiger partial charge in [-0.05, 0) is 69.4 Å². The Morgan fingerprint density at radius 2 is 1.96 bits per heavy atom. The summed E-state index contributed by atoms with van der Waals surface area (Å²) in [5.74, 6) is 1.61. The van der Waals surface area contributed by atoms with Crippen LogP contribution in [0.4, 0.5) is 0 Å². The van der Waals surface area contributed by atoms with Crippen molar-refractivity contribution in [1.29, 1.82) is 0 Å². The Bertz CT molecular complexity index is 644. The van der Waals surface area contributed by atoms with Crippen LogP contribution in [-0.2, 0) is 6.54 Å². The number of amides is 1. The molecule has 24 heavy (non-hydrogen) atoms. The van der Waals surface area contributed by atoms with Gasteiger partial charge in [0.05, 0.1) is 19.9 Å². The van der Waals surface area contributed by atoms with Gasteiger partial charge in [0, 0.05) is 11.6 Å². The second-order valence-electron chi connectivity index (χ2n) is 6.28. The van der Waals surface area contributed by atoms with E-state index >= 15 is 0 Å². The first-order valence-electron chi connectivity index (χ1n) is 8.33. The minimum absolute atomic E-state index is 0.0450. The van der Waals surface area contributed by atoms with E-state index in [0.29, 0.717) is 12.1 Å². The number of piperidine rings is 1. The average Bonchev–Trinajstić information content (AvgIpc) is 3.13. The number of hydrogen-bond acceptors (Lipinski definition) is 4. The molecule has 0 aliphatic carbocycles. The molecule has 0 unspecified atom stereocenters. The summed E-state index contributed by atoms with van der Waals surface area (Å²) in [7, 11) is 3.75. The van der Waals surface area contributed by atoms with Gasteiger partial charge in [0.2, 0.25) is 0 Å². The van der Waals surface area contributed by atoms with Gasteiger partial charge in [-0.3, -0.25) is 4.79 Å². The van der Waals surface area contributed by atoms with Crippen LogP contribution in [0.15, 0.2) is 47.1 Å². The zero-order valence-corrected chi connectivity index (χ0v) is 14.3. The second-order valence-corrected chi connectivity index (χ2v) is 6.28. The summed E-state index contributed by atoms with van der Waals surface area (Å²) in [6, 6.07) is 11.3. The first-order chi connectivity index (χ1) is 11.7. The summed E-state index contributed by atoms with van der Waals surface area (Å²) >= 11 is 0. The highest BCUT2D eigenvalue weighted by Gasteiger charge is 2.28. The number of carbonyl (C=O) groups is 1. The Labute approximate surface area is 142 Å². The molecule has 128 valence electrons. The van der Waals surface area contributed by atoms with Gasteiger partial charge >= 0.3 is 0 Å². The maximum Gasteiger partial charge on any atom is 0.254 e. The maximum absolute atomic E-state index is 13.1. The lowest BCUT2D eigenvalue weighted by Crippen LogP contribution is -2.46. The van der Waals surface area contributed by atoms with E-state index in [4.69, 9.17) is 9.15 Å². The number of carbonyl (C=O) groups excluding carboxylic acids is 1. The highest BCUT2D eigenvalue weighted by Crippen LogP contribution is 2.22. The molecule has 0 radical (unpaired) electrons. The van der Waals surface area contributed by atoms with E-state index in [9.17, 15) is 4.79 Å². The van der Waals surface area contributed by atoms with Crippen LogP contribution in [0.5, 0.6) is 5.75 Å². The van der Waals surface area contributed by atoms with E-state index in [1.54, 1.807) is 13.4 Å². The lowest BCUT2D eigenvalue weighted by Gasteiger charge is -2.37. The van der Waals surface area contributed by atoms with Crippen molar-refractivity contribution < 1.29 is 13.9 Å². The molecule has 1 fully saturated rings. The molecule has 3 rings (SSSR count). The first kappa shape index (κ1) is 16.6. The molecule has 2 heterocycles. The summed E-state index contributed by atoms with van der Waals surface area (Å²) < 4.78 is 10.7. The summed E-state index contributed by atoms with van der Waals surface area (Å²) in [4.78, 5) is 17.3. The fraction of sp³-hybridized carbons (Fsp3) is 0.421. The van der Waals surface area contributed by atoms with E-state index in [-0.39, 0.29) is 11.9 Å². The molecule has 2 aromatic rings. The van der Waals surface area contributed by atoms with Gasteiger partial charge in [0.15, 0.2) is 0 Å². The normalized spacial score (nSPS) is 16.1. The smallest absolute Gasteiger partial charge is 0.254 e. The van der Waals surface area contributed by atoms with Crippen molar-refractivity contribution in [3.8, 4) is 5.75 Å². The van der Waals surface area contributed by atoms with Gasteiger partial charge in [0.25, 0.3) is 5.91 Å². The van der Waals surface area contributed by atoms with Gasteiger partial charge in [-0.15, -0.1) is 0 Å². The molecule has 5 nitrogen and oxygen atoms in total. The first-order valence-corrected chi connectivity index (χ1v) is 8.33. The molecule has 0 spiro atoms. The van der Waals surface area contributed by atoms with Crippen molar-refractivity contribution in [2.75, 3.05) is 27.2 Å². The zero-order chi connectivity index (χ0) is 16.9. The number of likely N-dealkylation sites (tertiary alicyclic amines) is 1. The average molecular weight is 328 g/mol. The minimum atomic E-state index is 0.0450. The Hall–Kier alpha value is -2.27. The van der Waals surface area contributed by atoms with Crippen LogP contribution in [0.2, 0.25) is 0 Å². The lowest BCUT2D eigenvalue weighted by molar-refractivity contribution is 0.0550. The number of rotatable bonds is 5. The predicted octanol–water partition coefficient (Wildman–Crippen LogP) is 3.02. The predicted molar refractivity (Wildman–Crippen MR) is 92.1 cm³/mol. The SMILES string of the molecule is COc1ccc(C(=O)N(Cc2ccco2)C2CCN(C)CC2)cc1. The van der Waals surface area contributed by atoms with Crippen molar-refractivity contribution in [2.45, 2.75) is 25.4 Å². The van der Waals surface area contributed by atoms with Gasteiger partial charge in [-0.25, -0.2) is 0 Å². The maximum atomic E-state index is 13.1. The van der Waals surface area contributed by atoms with Gasteiger partial charge in [-0.1, -0.05) is 0 Å². The van der Waals surface area contributed by atoms with Gasteiger partial charge < -0.3 is 19.0 Å². The van der Waals surface area contributed by atoms with Crippen LogP contribution < -0.4 is 4.74 Å². The quantitative estimate of drug-likeness (QED) is 0.846. The number of nitrogens with zero attached hydrogens (tertiary/aromatic N) is 2. The van der Waals surface area contributed by atoms with Crippen LogP contribution in [0.3, 0.4) is 0 Å². The minimum Gasteiger partial charge on any atom is -0.497 e. The van der Waals surface area contributed by atoms with E-state index in [2.05, 4.69) is 11.9 Å². The zero-order valence-electron chi connectivity index (χ0n) is 14.3. The van der Waals surface area contributed by atoms with E-state index in [1.165, 1.54) is 0 Å². The van der Waals surface area contributed by atoms with Gasteiger partial charge in [-0.2, -0.15) is 0 Å². The standard InChI is InChI=1S/C19H24N2O3/c1-20-11-9-16(10-12-20)21(14-18-4-3-13-24-18)19(22)15-5-7-17(23-2)8-6-15/h3-8,13,16H,9-12,14H2,1-2H3. The number of methoxy groups -OCH3 is 1. The highest BCUT2D eigenvalue weighted by atomic mass is 16.5.